The summed E-state index contributed by atoms with van der Waals surface area (Å²) in [6, 6.07) is 2.05. The van der Waals surface area contributed by atoms with Gasteiger partial charge in [0.05, 0.1) is 17.9 Å². The number of nitrogens with zero attached hydrogens (tertiary/aromatic N) is 4. The lowest BCUT2D eigenvalue weighted by Gasteiger charge is -2.26. The third-order valence-corrected chi connectivity index (χ3v) is 3.27. The second kappa shape index (κ2) is 3.86. The summed E-state index contributed by atoms with van der Waals surface area (Å²) < 4.78 is 3.63. The minimum atomic E-state index is -0.464. The Morgan fingerprint density at radius 2 is 2.39 bits per heavy atom. The highest BCUT2D eigenvalue weighted by molar-refractivity contribution is 5.97. The van der Waals surface area contributed by atoms with Gasteiger partial charge in [0.25, 0.3) is 5.91 Å². The third-order valence-electron chi connectivity index (χ3n) is 3.27. The minimum Gasteiger partial charge on any atom is -0.369 e. The van der Waals surface area contributed by atoms with Crippen molar-refractivity contribution in [2.24, 2.45) is 12.8 Å². The van der Waals surface area contributed by atoms with E-state index in [2.05, 4.69) is 15.5 Å². The van der Waals surface area contributed by atoms with Crippen LogP contribution in [-0.2, 0) is 7.05 Å². The van der Waals surface area contributed by atoms with Crippen molar-refractivity contribution in [3.05, 3.63) is 29.7 Å². The fourth-order valence-corrected chi connectivity index (χ4v) is 2.39. The second-order valence-corrected chi connectivity index (χ2v) is 4.33. The Kier molecular flexibility index (Phi) is 2.32. The molecule has 7 nitrogen and oxygen atoms in total. The SMILES string of the molecule is Cn1nccc1C1CCNc2c(C(N)=O)cnn21. The maximum atomic E-state index is 11.3. The van der Waals surface area contributed by atoms with Gasteiger partial charge in [0.15, 0.2) is 0 Å². The second-order valence-electron chi connectivity index (χ2n) is 4.33. The first kappa shape index (κ1) is 10.8. The van der Waals surface area contributed by atoms with Gasteiger partial charge in [-0.25, -0.2) is 4.68 Å². The first-order chi connectivity index (χ1) is 8.68. The monoisotopic (exact) mass is 246 g/mol. The molecule has 0 bridgehead atoms. The van der Waals surface area contributed by atoms with Crippen LogP contribution in [0.15, 0.2) is 18.5 Å². The Bertz CT molecular complexity index is 598. The van der Waals surface area contributed by atoms with Crippen LogP contribution >= 0.6 is 0 Å². The summed E-state index contributed by atoms with van der Waals surface area (Å²) in [6.45, 7) is 0.780. The van der Waals surface area contributed by atoms with Crippen molar-refractivity contribution in [3.63, 3.8) is 0 Å². The Morgan fingerprint density at radius 1 is 1.56 bits per heavy atom. The third kappa shape index (κ3) is 1.47. The first-order valence-corrected chi connectivity index (χ1v) is 5.77. The molecule has 1 amide bonds. The molecule has 0 fully saturated rings. The zero-order chi connectivity index (χ0) is 12.7. The molecule has 0 saturated carbocycles. The molecule has 18 heavy (non-hydrogen) atoms. The largest absolute Gasteiger partial charge is 0.369 e. The van der Waals surface area contributed by atoms with E-state index in [1.807, 2.05) is 17.8 Å². The van der Waals surface area contributed by atoms with Gasteiger partial charge in [0.1, 0.15) is 11.4 Å². The number of aromatic nitrogens is 4. The van der Waals surface area contributed by atoms with Gasteiger partial charge in [-0.1, -0.05) is 0 Å². The fraction of sp³-hybridized carbons (Fsp3) is 0.364. The highest BCUT2D eigenvalue weighted by Crippen LogP contribution is 2.30. The summed E-state index contributed by atoms with van der Waals surface area (Å²) in [5, 5.41) is 11.6. The van der Waals surface area contributed by atoms with Crippen LogP contribution < -0.4 is 11.1 Å². The van der Waals surface area contributed by atoms with Crippen molar-refractivity contribution in [1.82, 2.24) is 19.6 Å². The number of anilines is 1. The number of nitrogens with one attached hydrogen (secondary N) is 1. The van der Waals surface area contributed by atoms with E-state index in [1.165, 1.54) is 6.20 Å². The normalized spacial score (nSPS) is 18.2. The van der Waals surface area contributed by atoms with E-state index in [0.717, 1.165) is 18.7 Å². The number of fused-ring (bicyclic) bond motifs is 1. The number of amides is 1. The van der Waals surface area contributed by atoms with Gasteiger partial charge in [-0.2, -0.15) is 10.2 Å². The molecule has 2 aromatic rings. The number of rotatable bonds is 2. The van der Waals surface area contributed by atoms with E-state index in [4.69, 9.17) is 5.73 Å². The summed E-state index contributed by atoms with van der Waals surface area (Å²) in [7, 11) is 1.90. The Morgan fingerprint density at radius 3 is 3.06 bits per heavy atom. The van der Waals surface area contributed by atoms with Crippen LogP contribution in [-0.4, -0.2) is 32.0 Å². The molecule has 0 saturated heterocycles. The molecule has 3 heterocycles. The van der Waals surface area contributed by atoms with Crippen molar-refractivity contribution in [2.45, 2.75) is 12.5 Å². The highest BCUT2D eigenvalue weighted by atomic mass is 16.1. The van der Waals surface area contributed by atoms with Crippen LogP contribution in [0.25, 0.3) is 0 Å². The summed E-state index contributed by atoms with van der Waals surface area (Å²) in [5.74, 6) is 0.231. The molecule has 7 heteroatoms. The first-order valence-electron chi connectivity index (χ1n) is 5.77. The molecule has 3 rings (SSSR count). The van der Waals surface area contributed by atoms with Crippen molar-refractivity contribution in [2.75, 3.05) is 11.9 Å². The maximum Gasteiger partial charge on any atom is 0.254 e. The average Bonchev–Trinajstić information content (AvgIpc) is 2.94. The molecule has 0 aromatic carbocycles. The van der Waals surface area contributed by atoms with Gasteiger partial charge in [-0.05, 0) is 12.5 Å². The molecule has 1 aliphatic heterocycles. The van der Waals surface area contributed by atoms with E-state index < -0.39 is 5.91 Å². The zero-order valence-electron chi connectivity index (χ0n) is 10.00. The van der Waals surface area contributed by atoms with Crippen LogP contribution in [0.1, 0.15) is 28.5 Å². The zero-order valence-corrected chi connectivity index (χ0v) is 10.00. The smallest absolute Gasteiger partial charge is 0.254 e. The molecular weight excluding hydrogens is 232 g/mol. The highest BCUT2D eigenvalue weighted by Gasteiger charge is 2.27. The van der Waals surface area contributed by atoms with Gasteiger partial charge in [-0.3, -0.25) is 9.48 Å². The van der Waals surface area contributed by atoms with Gasteiger partial charge in [0.2, 0.25) is 0 Å². The molecule has 3 N–H and O–H groups in total. The number of nitrogens with two attached hydrogens (primary N) is 1. The van der Waals surface area contributed by atoms with Crippen molar-refractivity contribution in [3.8, 4) is 0 Å². The van der Waals surface area contributed by atoms with Crippen molar-refractivity contribution >= 4 is 11.7 Å². The van der Waals surface area contributed by atoms with Crippen LogP contribution in [0.3, 0.4) is 0 Å². The molecule has 0 radical (unpaired) electrons. The number of carbonyl (C=O) groups excluding carboxylic acids is 1. The summed E-state index contributed by atoms with van der Waals surface area (Å²) in [6.07, 6.45) is 4.17. The predicted molar refractivity (Wildman–Crippen MR) is 65.2 cm³/mol. The maximum absolute atomic E-state index is 11.3. The van der Waals surface area contributed by atoms with E-state index in [1.54, 1.807) is 10.9 Å². The lowest BCUT2D eigenvalue weighted by atomic mass is 10.1. The number of carbonyl (C=O) groups is 1. The predicted octanol–water partition coefficient (Wildman–Crippen LogP) is 0.120. The van der Waals surface area contributed by atoms with E-state index in [9.17, 15) is 4.79 Å². The molecular formula is C11H14N6O. The molecule has 94 valence electrons. The topological polar surface area (TPSA) is 90.8 Å². The fourth-order valence-electron chi connectivity index (χ4n) is 2.39. The molecule has 2 aromatic heterocycles. The van der Waals surface area contributed by atoms with Crippen molar-refractivity contribution < 1.29 is 4.79 Å². The van der Waals surface area contributed by atoms with Crippen molar-refractivity contribution in [1.29, 1.82) is 0 Å². The Labute approximate surface area is 104 Å². The summed E-state index contributed by atoms with van der Waals surface area (Å²) in [4.78, 5) is 11.3. The number of hydrogen-bond acceptors (Lipinski definition) is 4. The molecule has 1 aliphatic rings. The Hall–Kier alpha value is -2.31. The Balaban J connectivity index is 2.08. The van der Waals surface area contributed by atoms with Crippen LogP contribution in [0.5, 0.6) is 0 Å². The number of hydrogen-bond donors (Lipinski definition) is 2. The molecule has 0 spiro atoms. The average molecular weight is 246 g/mol. The van der Waals surface area contributed by atoms with Gasteiger partial charge in [0, 0.05) is 19.8 Å². The van der Waals surface area contributed by atoms with E-state index >= 15 is 0 Å². The molecule has 1 atom stereocenters. The van der Waals surface area contributed by atoms with E-state index in [-0.39, 0.29) is 6.04 Å². The molecule has 1 unspecified atom stereocenters. The summed E-state index contributed by atoms with van der Waals surface area (Å²) in [5.41, 5.74) is 6.83. The lowest BCUT2D eigenvalue weighted by Crippen LogP contribution is -2.27. The summed E-state index contributed by atoms with van der Waals surface area (Å²) >= 11 is 0. The molecule has 0 aliphatic carbocycles. The quantitative estimate of drug-likeness (QED) is 0.787. The number of aryl methyl sites for hydroxylation is 1. The van der Waals surface area contributed by atoms with Crippen LogP contribution in [0, 0.1) is 0 Å². The van der Waals surface area contributed by atoms with Gasteiger partial charge < -0.3 is 11.1 Å². The van der Waals surface area contributed by atoms with E-state index in [0.29, 0.717) is 11.4 Å². The standard InChI is InChI=1S/C11H14N6O/c1-16-8(3-5-14-16)9-2-4-13-11-7(10(12)18)6-15-17(9)11/h3,5-6,9,13H,2,4H2,1H3,(H2,12,18). The van der Waals surface area contributed by atoms with Gasteiger partial charge >= 0.3 is 0 Å². The minimum absolute atomic E-state index is 0.0850. The van der Waals surface area contributed by atoms with Gasteiger partial charge in [-0.15, -0.1) is 0 Å². The van der Waals surface area contributed by atoms with Crippen LogP contribution in [0.4, 0.5) is 5.82 Å². The lowest BCUT2D eigenvalue weighted by molar-refractivity contribution is 0.100. The van der Waals surface area contributed by atoms with Crippen LogP contribution in [0.2, 0.25) is 0 Å². The number of primary amides is 1.